The summed E-state index contributed by atoms with van der Waals surface area (Å²) in [6.07, 6.45) is 1.75. The third kappa shape index (κ3) is 3.26. The first-order valence-electron chi connectivity index (χ1n) is 8.87. The molecule has 1 atom stereocenters. The molecule has 3 aromatic rings. The summed E-state index contributed by atoms with van der Waals surface area (Å²) in [4.78, 5) is 21.7. The number of benzene rings is 2. The molecule has 1 saturated heterocycles. The number of likely N-dealkylation sites (N-methyl/N-ethyl adjacent to an activating group) is 1. The summed E-state index contributed by atoms with van der Waals surface area (Å²) < 4.78 is 0. The lowest BCUT2D eigenvalue weighted by molar-refractivity contribution is 0.117. The Morgan fingerprint density at radius 2 is 1.85 bits per heavy atom. The average Bonchev–Trinajstić information content (AvgIpc) is 2.69. The monoisotopic (exact) mass is 346 g/mol. The lowest BCUT2D eigenvalue weighted by Crippen LogP contribution is -2.50. The molecule has 2 amide bonds. The van der Waals surface area contributed by atoms with E-state index in [2.05, 4.69) is 34.4 Å². The van der Waals surface area contributed by atoms with E-state index in [1.165, 1.54) is 0 Å². The molecule has 1 N–H and O–H groups in total. The van der Waals surface area contributed by atoms with Gasteiger partial charge >= 0.3 is 6.03 Å². The van der Waals surface area contributed by atoms with Crippen molar-refractivity contribution in [2.45, 2.75) is 6.04 Å². The lowest BCUT2D eigenvalue weighted by atomic mass is 10.0. The zero-order valence-electron chi connectivity index (χ0n) is 14.8. The highest BCUT2D eigenvalue weighted by Crippen LogP contribution is 2.27. The number of nitrogens with zero attached hydrogens (tertiary/aromatic N) is 3. The van der Waals surface area contributed by atoms with Crippen LogP contribution in [0.1, 0.15) is 11.6 Å². The molecule has 0 spiro atoms. The molecule has 5 nitrogen and oxygen atoms in total. The molecule has 0 radical (unpaired) electrons. The number of hydrogen-bond donors (Lipinski definition) is 1. The third-order valence-corrected chi connectivity index (χ3v) is 4.90. The van der Waals surface area contributed by atoms with Gasteiger partial charge in [-0.25, -0.2) is 4.79 Å². The second kappa shape index (κ2) is 7.14. The van der Waals surface area contributed by atoms with Gasteiger partial charge in [0.05, 0.1) is 17.2 Å². The number of nitrogens with one attached hydrogen (secondary N) is 1. The number of pyridine rings is 1. The molecule has 2 aromatic carbocycles. The Bertz CT molecular complexity index is 907. The molecule has 1 aliphatic rings. The summed E-state index contributed by atoms with van der Waals surface area (Å²) in [5, 5.41) is 4.09. The van der Waals surface area contributed by atoms with Gasteiger partial charge in [-0.05, 0) is 24.7 Å². The lowest BCUT2D eigenvalue weighted by Gasteiger charge is -2.40. The molecular formula is C21H22N4O. The normalized spacial score (nSPS) is 18.0. The van der Waals surface area contributed by atoms with E-state index >= 15 is 0 Å². The standard InChI is InChI=1S/C21H22N4O/c1-24-13-14-25(19(15-24)16-7-3-2-4-8-16)21(26)23-18-11-5-9-17-10-6-12-22-20(17)18/h2-12,19H,13-15H2,1H3,(H,23,26). The van der Waals surface area contributed by atoms with E-state index in [-0.39, 0.29) is 12.1 Å². The second-order valence-electron chi connectivity index (χ2n) is 6.69. The van der Waals surface area contributed by atoms with Gasteiger partial charge in [-0.1, -0.05) is 48.5 Å². The summed E-state index contributed by atoms with van der Waals surface area (Å²) in [5.74, 6) is 0. The maximum absolute atomic E-state index is 13.1. The number of anilines is 1. The van der Waals surface area contributed by atoms with Gasteiger partial charge in [0, 0.05) is 31.2 Å². The number of fused-ring (bicyclic) bond motifs is 1. The number of piperazine rings is 1. The predicted molar refractivity (Wildman–Crippen MR) is 104 cm³/mol. The Balaban J connectivity index is 1.61. The summed E-state index contributed by atoms with van der Waals surface area (Å²) in [6, 6.07) is 19.9. The molecule has 0 saturated carbocycles. The van der Waals surface area contributed by atoms with Crippen LogP contribution < -0.4 is 5.32 Å². The third-order valence-electron chi connectivity index (χ3n) is 4.90. The van der Waals surface area contributed by atoms with Gasteiger partial charge in [0.1, 0.15) is 0 Å². The van der Waals surface area contributed by atoms with Crippen molar-refractivity contribution in [3.63, 3.8) is 0 Å². The van der Waals surface area contributed by atoms with Crippen LogP contribution in [0.3, 0.4) is 0 Å². The molecule has 0 bridgehead atoms. The van der Waals surface area contributed by atoms with Gasteiger partial charge in [-0.3, -0.25) is 4.98 Å². The number of urea groups is 1. The first-order chi connectivity index (χ1) is 12.7. The molecule has 1 unspecified atom stereocenters. The van der Waals surface area contributed by atoms with Crippen molar-refractivity contribution in [1.29, 1.82) is 0 Å². The van der Waals surface area contributed by atoms with Crippen molar-refractivity contribution in [3.8, 4) is 0 Å². The van der Waals surface area contributed by atoms with Gasteiger partial charge in [0.25, 0.3) is 0 Å². The van der Waals surface area contributed by atoms with Gasteiger partial charge in [0.2, 0.25) is 0 Å². The van der Waals surface area contributed by atoms with E-state index in [0.717, 1.165) is 35.2 Å². The Morgan fingerprint density at radius 1 is 1.04 bits per heavy atom. The van der Waals surface area contributed by atoms with Crippen LogP contribution in [0.2, 0.25) is 0 Å². The van der Waals surface area contributed by atoms with Crippen LogP contribution in [0, 0.1) is 0 Å². The van der Waals surface area contributed by atoms with Crippen molar-refractivity contribution >= 4 is 22.6 Å². The number of carbonyl (C=O) groups is 1. The predicted octanol–water partition coefficient (Wildman–Crippen LogP) is 3.76. The Labute approximate surface area is 153 Å². The number of amides is 2. The topological polar surface area (TPSA) is 48.5 Å². The van der Waals surface area contributed by atoms with Crippen LogP contribution in [-0.2, 0) is 0 Å². The fourth-order valence-corrected chi connectivity index (χ4v) is 3.52. The quantitative estimate of drug-likeness (QED) is 0.769. The van der Waals surface area contributed by atoms with E-state index in [1.54, 1.807) is 6.20 Å². The molecule has 5 heteroatoms. The van der Waals surface area contributed by atoms with Crippen LogP contribution in [0.25, 0.3) is 10.9 Å². The maximum Gasteiger partial charge on any atom is 0.322 e. The first kappa shape index (κ1) is 16.5. The van der Waals surface area contributed by atoms with E-state index < -0.39 is 0 Å². The zero-order valence-corrected chi connectivity index (χ0v) is 14.8. The van der Waals surface area contributed by atoms with Crippen molar-refractivity contribution in [2.24, 2.45) is 0 Å². The average molecular weight is 346 g/mol. The van der Waals surface area contributed by atoms with Gasteiger partial charge in [0.15, 0.2) is 0 Å². The molecule has 4 rings (SSSR count). The summed E-state index contributed by atoms with van der Waals surface area (Å²) in [7, 11) is 2.10. The van der Waals surface area contributed by atoms with E-state index in [0.29, 0.717) is 6.54 Å². The fraction of sp³-hybridized carbons (Fsp3) is 0.238. The SMILES string of the molecule is CN1CCN(C(=O)Nc2cccc3cccnc23)C(c2ccccc2)C1. The van der Waals surface area contributed by atoms with E-state index in [9.17, 15) is 4.79 Å². The van der Waals surface area contributed by atoms with Crippen LogP contribution in [0.15, 0.2) is 66.9 Å². The second-order valence-corrected chi connectivity index (χ2v) is 6.69. The van der Waals surface area contributed by atoms with E-state index in [1.807, 2.05) is 53.4 Å². The minimum Gasteiger partial charge on any atom is -0.315 e. The van der Waals surface area contributed by atoms with Gasteiger partial charge < -0.3 is 15.1 Å². The highest BCUT2D eigenvalue weighted by Gasteiger charge is 2.30. The van der Waals surface area contributed by atoms with Crippen LogP contribution >= 0.6 is 0 Å². The van der Waals surface area contributed by atoms with Crippen LogP contribution in [-0.4, -0.2) is 47.5 Å². The first-order valence-corrected chi connectivity index (χ1v) is 8.87. The van der Waals surface area contributed by atoms with Gasteiger partial charge in [-0.15, -0.1) is 0 Å². The molecule has 132 valence electrons. The maximum atomic E-state index is 13.1. The van der Waals surface area contributed by atoms with Crippen LogP contribution in [0.5, 0.6) is 0 Å². The minimum absolute atomic E-state index is 0.0397. The van der Waals surface area contributed by atoms with Crippen molar-refractivity contribution in [1.82, 2.24) is 14.8 Å². The van der Waals surface area contributed by atoms with E-state index in [4.69, 9.17) is 0 Å². The summed E-state index contributed by atoms with van der Waals surface area (Å²) in [5.41, 5.74) is 2.72. The fourth-order valence-electron chi connectivity index (χ4n) is 3.52. The Kier molecular flexibility index (Phi) is 4.54. The molecule has 1 fully saturated rings. The van der Waals surface area contributed by atoms with Crippen LogP contribution in [0.4, 0.5) is 10.5 Å². The number of hydrogen-bond acceptors (Lipinski definition) is 3. The van der Waals surface area contributed by atoms with Crippen molar-refractivity contribution in [3.05, 3.63) is 72.4 Å². The van der Waals surface area contributed by atoms with Crippen molar-refractivity contribution < 1.29 is 4.79 Å². The Morgan fingerprint density at radius 3 is 2.69 bits per heavy atom. The number of para-hydroxylation sites is 1. The highest BCUT2D eigenvalue weighted by molar-refractivity contribution is 5.99. The molecule has 0 aliphatic carbocycles. The van der Waals surface area contributed by atoms with Crippen molar-refractivity contribution in [2.75, 3.05) is 32.0 Å². The molecule has 1 aliphatic heterocycles. The summed E-state index contributed by atoms with van der Waals surface area (Å²) >= 11 is 0. The molecule has 26 heavy (non-hydrogen) atoms. The molecule has 1 aromatic heterocycles. The minimum atomic E-state index is -0.0786. The molecule has 2 heterocycles. The zero-order chi connectivity index (χ0) is 17.9. The number of rotatable bonds is 2. The Hall–Kier alpha value is -2.92. The highest BCUT2D eigenvalue weighted by atomic mass is 16.2. The smallest absolute Gasteiger partial charge is 0.315 e. The number of carbonyl (C=O) groups excluding carboxylic acids is 1. The number of aromatic nitrogens is 1. The van der Waals surface area contributed by atoms with Gasteiger partial charge in [-0.2, -0.15) is 0 Å². The molecular weight excluding hydrogens is 324 g/mol. The summed E-state index contributed by atoms with van der Waals surface area (Å²) in [6.45, 7) is 2.38. The largest absolute Gasteiger partial charge is 0.322 e.